The van der Waals surface area contributed by atoms with Crippen molar-refractivity contribution >= 4 is 15.9 Å². The lowest BCUT2D eigenvalue weighted by atomic mass is 10.1. The molecule has 3 aromatic carbocycles. The van der Waals surface area contributed by atoms with E-state index < -0.39 is 11.7 Å². The van der Waals surface area contributed by atoms with Crippen LogP contribution in [0.25, 0.3) is 28.2 Å². The third-order valence-electron chi connectivity index (χ3n) is 4.61. The van der Waals surface area contributed by atoms with Gasteiger partial charge in [-0.3, -0.25) is 0 Å². The average molecular weight is 458 g/mol. The summed E-state index contributed by atoms with van der Waals surface area (Å²) in [6.07, 6.45) is -4.51. The van der Waals surface area contributed by atoms with Crippen LogP contribution in [0.5, 0.6) is 5.75 Å². The second-order valence-electron chi connectivity index (χ2n) is 6.51. The first-order valence-electron chi connectivity index (χ1n) is 8.78. The molecule has 0 saturated carbocycles. The van der Waals surface area contributed by atoms with Crippen LogP contribution in [0.4, 0.5) is 13.2 Å². The second-order valence-corrected chi connectivity index (χ2v) is 7.43. The van der Waals surface area contributed by atoms with Crippen LogP contribution in [0.3, 0.4) is 0 Å². The SMILES string of the molecule is Oc1cccc(-c2ccc(-c3ccc(Br)cc3)n2-c2ccccc2C(F)(F)F)c1. The first-order valence-corrected chi connectivity index (χ1v) is 9.57. The van der Waals surface area contributed by atoms with Crippen molar-refractivity contribution in [1.82, 2.24) is 4.57 Å². The van der Waals surface area contributed by atoms with E-state index in [9.17, 15) is 18.3 Å². The van der Waals surface area contributed by atoms with E-state index in [2.05, 4.69) is 15.9 Å². The van der Waals surface area contributed by atoms with E-state index in [1.54, 1.807) is 34.9 Å². The Bertz CT molecular complexity index is 1160. The number of hydrogen-bond donors (Lipinski definition) is 1. The summed E-state index contributed by atoms with van der Waals surface area (Å²) in [7, 11) is 0. The summed E-state index contributed by atoms with van der Waals surface area (Å²) in [4.78, 5) is 0. The lowest BCUT2D eigenvalue weighted by Crippen LogP contribution is -2.12. The Morgan fingerprint density at radius 2 is 1.38 bits per heavy atom. The molecular formula is C23H15BrF3NO. The van der Waals surface area contributed by atoms with Crippen LogP contribution in [0.1, 0.15) is 5.56 Å². The Hall–Kier alpha value is -2.99. The van der Waals surface area contributed by atoms with E-state index in [0.29, 0.717) is 17.0 Å². The van der Waals surface area contributed by atoms with Gasteiger partial charge in [-0.05, 0) is 54.1 Å². The van der Waals surface area contributed by atoms with Crippen LogP contribution in [0.2, 0.25) is 0 Å². The number of benzene rings is 3. The molecule has 6 heteroatoms. The summed E-state index contributed by atoms with van der Waals surface area (Å²) in [5.41, 5.74) is 1.86. The molecule has 0 aliphatic heterocycles. The van der Waals surface area contributed by atoms with Gasteiger partial charge in [-0.1, -0.05) is 52.3 Å². The summed E-state index contributed by atoms with van der Waals surface area (Å²) >= 11 is 3.39. The number of alkyl halides is 3. The molecule has 0 atom stereocenters. The summed E-state index contributed by atoms with van der Waals surface area (Å²) in [5, 5.41) is 9.88. The van der Waals surface area contributed by atoms with Gasteiger partial charge in [0.1, 0.15) is 5.75 Å². The third kappa shape index (κ3) is 3.80. The number of rotatable bonds is 3. The molecule has 0 fully saturated rings. The topological polar surface area (TPSA) is 25.2 Å². The monoisotopic (exact) mass is 457 g/mol. The number of para-hydroxylation sites is 1. The van der Waals surface area contributed by atoms with Gasteiger partial charge in [-0.2, -0.15) is 13.2 Å². The molecule has 1 heterocycles. The van der Waals surface area contributed by atoms with Crippen LogP contribution < -0.4 is 0 Å². The summed E-state index contributed by atoms with van der Waals surface area (Å²) in [6.45, 7) is 0. The fourth-order valence-corrected chi connectivity index (χ4v) is 3.61. The van der Waals surface area contributed by atoms with E-state index >= 15 is 0 Å². The molecule has 1 N–H and O–H groups in total. The number of halogens is 4. The number of phenolic OH excluding ortho intramolecular Hbond substituents is 1. The molecule has 0 bridgehead atoms. The molecule has 4 aromatic rings. The number of phenols is 1. The first kappa shape index (κ1) is 19.3. The highest BCUT2D eigenvalue weighted by Gasteiger charge is 2.34. The molecule has 0 aliphatic rings. The highest BCUT2D eigenvalue weighted by molar-refractivity contribution is 9.10. The van der Waals surface area contributed by atoms with Gasteiger partial charge in [-0.15, -0.1) is 0 Å². The van der Waals surface area contributed by atoms with Gasteiger partial charge < -0.3 is 9.67 Å². The molecule has 2 nitrogen and oxygen atoms in total. The zero-order valence-corrected chi connectivity index (χ0v) is 16.6. The Kier molecular flexibility index (Phi) is 4.96. The zero-order valence-electron chi connectivity index (χ0n) is 15.0. The molecule has 0 radical (unpaired) electrons. The molecule has 0 saturated heterocycles. The first-order chi connectivity index (χ1) is 13.8. The second kappa shape index (κ2) is 7.44. The maximum absolute atomic E-state index is 13.8. The quantitative estimate of drug-likeness (QED) is 0.343. The highest BCUT2D eigenvalue weighted by Crippen LogP contribution is 2.39. The summed E-state index contributed by atoms with van der Waals surface area (Å²) in [6, 6.07) is 22.9. The van der Waals surface area contributed by atoms with E-state index in [1.807, 2.05) is 24.3 Å². The standard InChI is InChI=1S/C23H15BrF3NO/c24-17-10-8-15(9-11-17)20-12-13-21(16-4-3-5-18(29)14-16)28(20)22-7-2-1-6-19(22)23(25,26)27/h1-14,29H. The number of nitrogens with zero attached hydrogens (tertiary/aromatic N) is 1. The third-order valence-corrected chi connectivity index (χ3v) is 5.14. The van der Waals surface area contributed by atoms with Crippen molar-refractivity contribution in [1.29, 1.82) is 0 Å². The van der Waals surface area contributed by atoms with Gasteiger partial charge in [-0.25, -0.2) is 0 Å². The number of aromatic nitrogens is 1. The van der Waals surface area contributed by atoms with E-state index in [0.717, 1.165) is 16.1 Å². The normalized spacial score (nSPS) is 11.6. The van der Waals surface area contributed by atoms with Gasteiger partial charge in [0.15, 0.2) is 0 Å². The molecular weight excluding hydrogens is 443 g/mol. The maximum Gasteiger partial charge on any atom is 0.418 e. The lowest BCUT2D eigenvalue weighted by Gasteiger charge is -2.19. The van der Waals surface area contributed by atoms with Gasteiger partial charge in [0.2, 0.25) is 0 Å². The molecule has 0 amide bonds. The van der Waals surface area contributed by atoms with Crippen LogP contribution >= 0.6 is 15.9 Å². The largest absolute Gasteiger partial charge is 0.508 e. The van der Waals surface area contributed by atoms with Crippen molar-refractivity contribution in [2.45, 2.75) is 6.18 Å². The Morgan fingerprint density at radius 3 is 2.03 bits per heavy atom. The number of aromatic hydroxyl groups is 1. The Morgan fingerprint density at radius 1 is 0.724 bits per heavy atom. The molecule has 29 heavy (non-hydrogen) atoms. The van der Waals surface area contributed by atoms with Crippen molar-refractivity contribution in [3.63, 3.8) is 0 Å². The average Bonchev–Trinajstić information content (AvgIpc) is 3.13. The Labute approximate surface area is 174 Å². The van der Waals surface area contributed by atoms with Gasteiger partial charge in [0, 0.05) is 10.0 Å². The van der Waals surface area contributed by atoms with Gasteiger partial charge in [0.05, 0.1) is 22.6 Å². The molecule has 0 unspecified atom stereocenters. The summed E-state index contributed by atoms with van der Waals surface area (Å²) < 4.78 is 43.8. The van der Waals surface area contributed by atoms with Crippen molar-refractivity contribution in [3.8, 4) is 34.0 Å². The minimum atomic E-state index is -4.51. The fourth-order valence-electron chi connectivity index (χ4n) is 3.34. The smallest absolute Gasteiger partial charge is 0.418 e. The van der Waals surface area contributed by atoms with Crippen LogP contribution in [0.15, 0.2) is 89.4 Å². The molecule has 0 spiro atoms. The summed E-state index contributed by atoms with van der Waals surface area (Å²) in [5.74, 6) is 0.0459. The van der Waals surface area contributed by atoms with E-state index in [-0.39, 0.29) is 11.4 Å². The fraction of sp³-hybridized carbons (Fsp3) is 0.0435. The number of hydrogen-bond acceptors (Lipinski definition) is 1. The molecule has 1 aromatic heterocycles. The minimum absolute atomic E-state index is 0.0289. The Balaban J connectivity index is 2.03. The zero-order chi connectivity index (χ0) is 20.6. The molecule has 146 valence electrons. The van der Waals surface area contributed by atoms with E-state index in [1.165, 1.54) is 24.3 Å². The van der Waals surface area contributed by atoms with Crippen molar-refractivity contribution in [2.75, 3.05) is 0 Å². The minimum Gasteiger partial charge on any atom is -0.508 e. The van der Waals surface area contributed by atoms with Crippen LogP contribution in [-0.2, 0) is 6.18 Å². The van der Waals surface area contributed by atoms with Gasteiger partial charge >= 0.3 is 6.18 Å². The van der Waals surface area contributed by atoms with Crippen molar-refractivity contribution in [3.05, 3.63) is 95.0 Å². The van der Waals surface area contributed by atoms with Crippen LogP contribution in [0, 0.1) is 0 Å². The van der Waals surface area contributed by atoms with E-state index in [4.69, 9.17) is 0 Å². The maximum atomic E-state index is 13.8. The molecule has 4 rings (SSSR count). The highest BCUT2D eigenvalue weighted by atomic mass is 79.9. The van der Waals surface area contributed by atoms with Crippen molar-refractivity contribution in [2.24, 2.45) is 0 Å². The predicted molar refractivity (Wildman–Crippen MR) is 111 cm³/mol. The van der Waals surface area contributed by atoms with Crippen LogP contribution in [-0.4, -0.2) is 9.67 Å². The lowest BCUT2D eigenvalue weighted by molar-refractivity contribution is -0.137. The van der Waals surface area contributed by atoms with Crippen molar-refractivity contribution < 1.29 is 18.3 Å². The predicted octanol–water partition coefficient (Wildman–Crippen LogP) is 7.30. The molecule has 0 aliphatic carbocycles. The van der Waals surface area contributed by atoms with Gasteiger partial charge in [0.25, 0.3) is 0 Å².